The van der Waals surface area contributed by atoms with Gasteiger partial charge in [-0.05, 0) is 31.4 Å². The quantitative estimate of drug-likeness (QED) is 0.807. The van der Waals surface area contributed by atoms with Crippen molar-refractivity contribution in [1.29, 1.82) is 0 Å². The van der Waals surface area contributed by atoms with E-state index in [4.69, 9.17) is 18.0 Å². The second-order valence-electron chi connectivity index (χ2n) is 5.65. The zero-order valence-corrected chi connectivity index (χ0v) is 12.1. The van der Waals surface area contributed by atoms with Crippen LogP contribution in [0.1, 0.15) is 38.8 Å². The third-order valence-corrected chi connectivity index (χ3v) is 3.33. The molecule has 0 radical (unpaired) electrons. The third-order valence-electron chi connectivity index (χ3n) is 3.11. The minimum atomic E-state index is 0.193. The van der Waals surface area contributed by atoms with Crippen LogP contribution in [0.15, 0.2) is 18.2 Å². The van der Waals surface area contributed by atoms with E-state index in [1.807, 2.05) is 19.1 Å². The second-order valence-corrected chi connectivity index (χ2v) is 6.09. The van der Waals surface area contributed by atoms with Crippen LogP contribution >= 0.6 is 12.2 Å². The highest BCUT2D eigenvalue weighted by Crippen LogP contribution is 2.25. The monoisotopic (exact) mass is 250 g/mol. The summed E-state index contributed by atoms with van der Waals surface area (Å²) in [5, 5.41) is 3.49. The molecule has 17 heavy (non-hydrogen) atoms. The first-order valence-electron chi connectivity index (χ1n) is 5.89. The largest absolute Gasteiger partial charge is 0.389 e. The third kappa shape index (κ3) is 3.70. The summed E-state index contributed by atoms with van der Waals surface area (Å²) in [7, 11) is 0. The second kappa shape index (κ2) is 5.05. The van der Waals surface area contributed by atoms with Gasteiger partial charge in [0.15, 0.2) is 0 Å². The van der Waals surface area contributed by atoms with Crippen LogP contribution in [-0.2, 0) is 0 Å². The van der Waals surface area contributed by atoms with Gasteiger partial charge < -0.3 is 11.1 Å². The molecule has 1 atom stereocenters. The summed E-state index contributed by atoms with van der Waals surface area (Å²) in [6.07, 6.45) is 0. The van der Waals surface area contributed by atoms with Crippen LogP contribution in [0.3, 0.4) is 0 Å². The average Bonchev–Trinajstić information content (AvgIpc) is 2.18. The van der Waals surface area contributed by atoms with Crippen LogP contribution in [0.4, 0.5) is 5.69 Å². The molecule has 3 N–H and O–H groups in total. The molecule has 0 aliphatic rings. The Kier molecular flexibility index (Phi) is 4.15. The molecule has 0 fully saturated rings. The van der Waals surface area contributed by atoms with Gasteiger partial charge in [0, 0.05) is 17.3 Å². The minimum Gasteiger partial charge on any atom is -0.389 e. The first-order valence-corrected chi connectivity index (χ1v) is 6.29. The molecule has 0 spiro atoms. The van der Waals surface area contributed by atoms with Gasteiger partial charge in [-0.25, -0.2) is 0 Å². The number of hydrogen-bond acceptors (Lipinski definition) is 2. The average molecular weight is 250 g/mol. The van der Waals surface area contributed by atoms with Crippen LogP contribution in [0.2, 0.25) is 0 Å². The van der Waals surface area contributed by atoms with E-state index >= 15 is 0 Å². The lowest BCUT2D eigenvalue weighted by Crippen LogP contribution is -2.31. The molecule has 1 rings (SSSR count). The summed E-state index contributed by atoms with van der Waals surface area (Å²) >= 11 is 5.09. The molecule has 0 heterocycles. The molecule has 0 saturated heterocycles. The van der Waals surface area contributed by atoms with Gasteiger partial charge >= 0.3 is 0 Å². The molecule has 0 amide bonds. The van der Waals surface area contributed by atoms with Crippen molar-refractivity contribution in [1.82, 2.24) is 0 Å². The van der Waals surface area contributed by atoms with E-state index in [-0.39, 0.29) is 5.41 Å². The van der Waals surface area contributed by atoms with Crippen molar-refractivity contribution >= 4 is 22.9 Å². The van der Waals surface area contributed by atoms with Gasteiger partial charge in [0.25, 0.3) is 0 Å². The van der Waals surface area contributed by atoms with E-state index in [0.29, 0.717) is 11.0 Å². The van der Waals surface area contributed by atoms with Gasteiger partial charge in [0.1, 0.15) is 4.99 Å². The molecule has 94 valence electrons. The highest BCUT2D eigenvalue weighted by Gasteiger charge is 2.20. The molecule has 1 aromatic rings. The standard InChI is InChI=1S/C14H22N2S/c1-9-6-7-12(11(8-9)13(15)17)16-10(2)14(3,4)5/h6-8,10,16H,1-5H3,(H2,15,17). The summed E-state index contributed by atoms with van der Waals surface area (Å²) < 4.78 is 0. The van der Waals surface area contributed by atoms with Crippen molar-refractivity contribution in [2.75, 3.05) is 5.32 Å². The number of nitrogens with two attached hydrogens (primary N) is 1. The molecule has 0 bridgehead atoms. The number of hydrogen-bond donors (Lipinski definition) is 2. The van der Waals surface area contributed by atoms with Crippen molar-refractivity contribution in [2.24, 2.45) is 11.1 Å². The number of thiocarbonyl (C=S) groups is 1. The number of rotatable bonds is 3. The zero-order valence-electron chi connectivity index (χ0n) is 11.3. The van der Waals surface area contributed by atoms with E-state index in [9.17, 15) is 0 Å². The van der Waals surface area contributed by atoms with E-state index < -0.39 is 0 Å². The predicted octanol–water partition coefficient (Wildman–Crippen LogP) is 3.48. The fourth-order valence-electron chi connectivity index (χ4n) is 1.44. The Labute approximate surface area is 110 Å². The van der Waals surface area contributed by atoms with Crippen LogP contribution in [0, 0.1) is 12.3 Å². The summed E-state index contributed by atoms with van der Waals surface area (Å²) in [5.41, 5.74) is 9.07. The smallest absolute Gasteiger partial charge is 0.106 e. The van der Waals surface area contributed by atoms with Gasteiger partial charge in [-0.1, -0.05) is 44.6 Å². The lowest BCUT2D eigenvalue weighted by atomic mass is 9.87. The van der Waals surface area contributed by atoms with E-state index in [1.54, 1.807) is 0 Å². The number of aryl methyl sites for hydroxylation is 1. The zero-order chi connectivity index (χ0) is 13.2. The molecule has 1 unspecified atom stereocenters. The van der Waals surface area contributed by atoms with Gasteiger partial charge in [-0.3, -0.25) is 0 Å². The maximum Gasteiger partial charge on any atom is 0.106 e. The molecule has 3 heteroatoms. The molecule has 0 aliphatic heterocycles. The molecule has 2 nitrogen and oxygen atoms in total. The fourth-order valence-corrected chi connectivity index (χ4v) is 1.61. The van der Waals surface area contributed by atoms with Crippen LogP contribution < -0.4 is 11.1 Å². The normalized spacial score (nSPS) is 13.2. The summed E-state index contributed by atoms with van der Waals surface area (Å²) in [6.45, 7) is 10.8. The van der Waals surface area contributed by atoms with Crippen LogP contribution in [0.25, 0.3) is 0 Å². The summed E-state index contributed by atoms with van der Waals surface area (Å²) in [4.78, 5) is 0.442. The van der Waals surface area contributed by atoms with E-state index in [1.165, 1.54) is 5.56 Å². The van der Waals surface area contributed by atoms with Crippen molar-refractivity contribution in [2.45, 2.75) is 40.7 Å². The van der Waals surface area contributed by atoms with Crippen molar-refractivity contribution < 1.29 is 0 Å². The van der Waals surface area contributed by atoms with Gasteiger partial charge in [0.05, 0.1) is 0 Å². The first-order chi connectivity index (χ1) is 7.71. The fraction of sp³-hybridized carbons (Fsp3) is 0.500. The molecular formula is C14H22N2S. The number of benzene rings is 1. The van der Waals surface area contributed by atoms with Crippen molar-refractivity contribution in [3.05, 3.63) is 29.3 Å². The maximum absolute atomic E-state index is 5.76. The predicted molar refractivity (Wildman–Crippen MR) is 79.6 cm³/mol. The molecule has 0 saturated carbocycles. The molecular weight excluding hydrogens is 228 g/mol. The van der Waals surface area contributed by atoms with Gasteiger partial charge in [-0.15, -0.1) is 0 Å². The molecule has 0 aromatic heterocycles. The van der Waals surface area contributed by atoms with Crippen molar-refractivity contribution in [3.63, 3.8) is 0 Å². The Hall–Kier alpha value is -1.09. The Bertz CT molecular complexity index is 419. The van der Waals surface area contributed by atoms with Crippen molar-refractivity contribution in [3.8, 4) is 0 Å². The molecule has 1 aromatic carbocycles. The van der Waals surface area contributed by atoms with E-state index in [2.05, 4.69) is 39.1 Å². The highest BCUT2D eigenvalue weighted by atomic mass is 32.1. The summed E-state index contributed by atoms with van der Waals surface area (Å²) in [6, 6.07) is 6.49. The lowest BCUT2D eigenvalue weighted by Gasteiger charge is -2.30. The number of nitrogens with one attached hydrogen (secondary N) is 1. The Morgan fingerprint density at radius 2 is 1.94 bits per heavy atom. The first kappa shape index (κ1) is 14.0. The maximum atomic E-state index is 5.76. The van der Waals surface area contributed by atoms with Crippen LogP contribution in [0.5, 0.6) is 0 Å². The van der Waals surface area contributed by atoms with Gasteiger partial charge in [-0.2, -0.15) is 0 Å². The SMILES string of the molecule is Cc1ccc(NC(C)C(C)(C)C)c(C(N)=S)c1. The van der Waals surface area contributed by atoms with Gasteiger partial charge in [0.2, 0.25) is 0 Å². The Balaban J connectivity index is 3.03. The number of anilines is 1. The molecule has 0 aliphatic carbocycles. The Morgan fingerprint density at radius 3 is 2.41 bits per heavy atom. The summed E-state index contributed by atoms with van der Waals surface area (Å²) in [5.74, 6) is 0. The highest BCUT2D eigenvalue weighted by molar-refractivity contribution is 7.80. The van der Waals surface area contributed by atoms with E-state index in [0.717, 1.165) is 11.3 Å². The lowest BCUT2D eigenvalue weighted by molar-refractivity contribution is 0.359. The van der Waals surface area contributed by atoms with Crippen LogP contribution in [-0.4, -0.2) is 11.0 Å². The minimum absolute atomic E-state index is 0.193. The topological polar surface area (TPSA) is 38.0 Å². The Morgan fingerprint density at radius 1 is 1.35 bits per heavy atom.